The average molecular weight is 419 g/mol. The van der Waals surface area contributed by atoms with Crippen LogP contribution in [0.25, 0.3) is 10.2 Å². The second kappa shape index (κ2) is 9.74. The Kier molecular flexibility index (Phi) is 8.60. The lowest BCUT2D eigenvalue weighted by molar-refractivity contribution is -0.125. The fourth-order valence-electron chi connectivity index (χ4n) is 3.25. The zero-order valence-electron chi connectivity index (χ0n) is 15.3. The summed E-state index contributed by atoms with van der Waals surface area (Å²) in [6.45, 7) is 6.59. The molecule has 8 heteroatoms. The molecule has 0 unspecified atom stereocenters. The number of hydrogen-bond donors (Lipinski definition) is 2. The molecule has 0 saturated carbocycles. The molecule has 3 N–H and O–H groups in total. The number of carbonyl (C=O) groups excluding carboxylic acids is 1. The third kappa shape index (κ3) is 4.42. The second-order valence-corrected chi connectivity index (χ2v) is 7.53. The highest BCUT2D eigenvalue weighted by atomic mass is 35.5. The monoisotopic (exact) mass is 418 g/mol. The van der Waals surface area contributed by atoms with E-state index in [0.717, 1.165) is 47.0 Å². The Morgan fingerprint density at radius 2 is 1.92 bits per heavy atom. The number of aromatic nitrogens is 1. The Bertz CT molecular complexity index is 719. The van der Waals surface area contributed by atoms with Crippen LogP contribution in [0.4, 0.5) is 10.8 Å². The summed E-state index contributed by atoms with van der Waals surface area (Å²) in [5, 5.41) is 4.14. The normalized spacial score (nSPS) is 14.0. The molecule has 1 saturated heterocycles. The lowest BCUT2D eigenvalue weighted by atomic mass is 9.81. The highest BCUT2D eigenvalue weighted by Crippen LogP contribution is 2.33. The molecule has 1 amide bonds. The summed E-state index contributed by atoms with van der Waals surface area (Å²) >= 11 is 1.70. The predicted octanol–water partition coefficient (Wildman–Crippen LogP) is 4.44. The molecule has 0 bridgehead atoms. The third-order valence-electron chi connectivity index (χ3n) is 5.24. The number of nitrogens with two attached hydrogens (primary N) is 1. The predicted molar refractivity (Wildman–Crippen MR) is 116 cm³/mol. The Morgan fingerprint density at radius 3 is 2.50 bits per heavy atom. The van der Waals surface area contributed by atoms with Crippen molar-refractivity contribution in [3.63, 3.8) is 0 Å². The maximum atomic E-state index is 12.7. The number of benzene rings is 1. The van der Waals surface area contributed by atoms with Crippen LogP contribution in [0.5, 0.6) is 0 Å². The Labute approximate surface area is 171 Å². The van der Waals surface area contributed by atoms with E-state index in [-0.39, 0.29) is 30.7 Å². The molecule has 2 heterocycles. The van der Waals surface area contributed by atoms with Crippen molar-refractivity contribution in [3.05, 3.63) is 18.2 Å². The van der Waals surface area contributed by atoms with Crippen LogP contribution in [-0.2, 0) is 4.79 Å². The van der Waals surface area contributed by atoms with Crippen LogP contribution in [0.2, 0.25) is 0 Å². The van der Waals surface area contributed by atoms with Crippen molar-refractivity contribution in [1.29, 1.82) is 0 Å². The molecule has 3 rings (SSSR count). The van der Waals surface area contributed by atoms with Crippen molar-refractivity contribution in [1.82, 2.24) is 4.98 Å². The van der Waals surface area contributed by atoms with E-state index in [0.29, 0.717) is 6.54 Å². The maximum absolute atomic E-state index is 12.7. The van der Waals surface area contributed by atoms with Crippen LogP contribution >= 0.6 is 36.2 Å². The van der Waals surface area contributed by atoms with Gasteiger partial charge in [-0.1, -0.05) is 25.2 Å². The largest absolute Gasteiger partial charge is 0.348 e. The van der Waals surface area contributed by atoms with Gasteiger partial charge in [-0.2, -0.15) is 0 Å². The smallest absolute Gasteiger partial charge is 0.231 e. The van der Waals surface area contributed by atoms with Gasteiger partial charge in [-0.15, -0.1) is 24.8 Å². The van der Waals surface area contributed by atoms with Gasteiger partial charge in [-0.3, -0.25) is 4.79 Å². The van der Waals surface area contributed by atoms with E-state index in [9.17, 15) is 4.79 Å². The number of nitrogens with zero attached hydrogens (tertiary/aromatic N) is 2. The van der Waals surface area contributed by atoms with Crippen LogP contribution in [0.3, 0.4) is 0 Å². The lowest BCUT2D eigenvalue weighted by Crippen LogP contribution is -2.41. The van der Waals surface area contributed by atoms with Gasteiger partial charge in [0.05, 0.1) is 15.6 Å². The van der Waals surface area contributed by atoms with Crippen LogP contribution in [0.1, 0.15) is 39.5 Å². The Morgan fingerprint density at radius 1 is 1.27 bits per heavy atom. The van der Waals surface area contributed by atoms with Gasteiger partial charge in [0.25, 0.3) is 0 Å². The minimum Gasteiger partial charge on any atom is -0.348 e. The van der Waals surface area contributed by atoms with Crippen molar-refractivity contribution < 1.29 is 4.79 Å². The van der Waals surface area contributed by atoms with Gasteiger partial charge in [-0.25, -0.2) is 4.98 Å². The van der Waals surface area contributed by atoms with Crippen molar-refractivity contribution in [2.75, 3.05) is 29.9 Å². The molecule has 1 aliphatic heterocycles. The first-order valence-electron chi connectivity index (χ1n) is 8.79. The highest BCUT2D eigenvalue weighted by molar-refractivity contribution is 7.22. The molecule has 0 spiro atoms. The van der Waals surface area contributed by atoms with Crippen molar-refractivity contribution in [3.8, 4) is 0 Å². The highest BCUT2D eigenvalue weighted by Gasteiger charge is 2.33. The van der Waals surface area contributed by atoms with E-state index in [2.05, 4.69) is 10.2 Å². The molecule has 5 nitrogen and oxygen atoms in total. The number of anilines is 2. The summed E-state index contributed by atoms with van der Waals surface area (Å²) < 4.78 is 1.11. The lowest BCUT2D eigenvalue weighted by Gasteiger charge is -2.28. The number of amides is 1. The molecular formula is C18H28Cl2N4OS. The molecule has 1 aromatic carbocycles. The molecule has 1 fully saturated rings. The maximum Gasteiger partial charge on any atom is 0.231 e. The average Bonchev–Trinajstić information content (AvgIpc) is 3.26. The topological polar surface area (TPSA) is 71.2 Å². The van der Waals surface area contributed by atoms with Crippen LogP contribution in [-0.4, -0.2) is 30.5 Å². The van der Waals surface area contributed by atoms with Crippen molar-refractivity contribution in [2.24, 2.45) is 11.1 Å². The molecule has 26 heavy (non-hydrogen) atoms. The fourth-order valence-corrected chi connectivity index (χ4v) is 4.31. The number of halogens is 2. The zero-order chi connectivity index (χ0) is 17.2. The molecule has 1 aliphatic rings. The second-order valence-electron chi connectivity index (χ2n) is 6.52. The quantitative estimate of drug-likeness (QED) is 0.726. The van der Waals surface area contributed by atoms with Gasteiger partial charge < -0.3 is 16.0 Å². The summed E-state index contributed by atoms with van der Waals surface area (Å²) in [5.74, 6) is 0.0126. The summed E-state index contributed by atoms with van der Waals surface area (Å²) in [7, 11) is 0. The van der Waals surface area contributed by atoms with E-state index in [1.807, 2.05) is 32.0 Å². The van der Waals surface area contributed by atoms with Crippen LogP contribution in [0.15, 0.2) is 18.2 Å². The Hall–Kier alpha value is -1.08. The number of hydrogen-bond acceptors (Lipinski definition) is 5. The summed E-state index contributed by atoms with van der Waals surface area (Å²) in [5.41, 5.74) is 7.21. The number of fused-ring (bicyclic) bond motifs is 1. The zero-order valence-corrected chi connectivity index (χ0v) is 17.7. The first-order valence-corrected chi connectivity index (χ1v) is 9.60. The minimum absolute atomic E-state index is 0. The molecular weight excluding hydrogens is 391 g/mol. The first-order chi connectivity index (χ1) is 11.6. The number of thiazole rings is 1. The molecule has 0 atom stereocenters. The van der Waals surface area contributed by atoms with E-state index in [1.54, 1.807) is 11.3 Å². The van der Waals surface area contributed by atoms with Crippen LogP contribution < -0.4 is 16.0 Å². The summed E-state index contributed by atoms with van der Waals surface area (Å²) in [4.78, 5) is 19.7. The van der Waals surface area contributed by atoms with Gasteiger partial charge in [0, 0.05) is 25.3 Å². The standard InChI is InChI=1S/C18H26N4OS.2ClH/c1-3-18(4-2,12-19)16(23)20-13-7-8-14-15(11-13)24-17(21-14)22-9-5-6-10-22;;/h7-8,11H,3-6,9-10,12,19H2,1-2H3,(H,20,23);2*1H. The van der Waals surface area contributed by atoms with Gasteiger partial charge in [0.15, 0.2) is 5.13 Å². The van der Waals surface area contributed by atoms with Gasteiger partial charge in [0.2, 0.25) is 5.91 Å². The van der Waals surface area contributed by atoms with E-state index >= 15 is 0 Å². The van der Waals surface area contributed by atoms with Gasteiger partial charge in [0.1, 0.15) is 0 Å². The third-order valence-corrected chi connectivity index (χ3v) is 6.32. The van der Waals surface area contributed by atoms with Gasteiger partial charge >= 0.3 is 0 Å². The van der Waals surface area contributed by atoms with E-state index in [4.69, 9.17) is 10.7 Å². The molecule has 1 aromatic heterocycles. The molecule has 146 valence electrons. The Balaban J connectivity index is 0.00000169. The number of rotatable bonds is 6. The first kappa shape index (κ1) is 23.0. The summed E-state index contributed by atoms with van der Waals surface area (Å²) in [6.07, 6.45) is 3.97. The molecule has 0 aliphatic carbocycles. The minimum atomic E-state index is -0.483. The van der Waals surface area contributed by atoms with E-state index < -0.39 is 5.41 Å². The van der Waals surface area contributed by atoms with E-state index in [1.165, 1.54) is 12.8 Å². The van der Waals surface area contributed by atoms with Crippen molar-refractivity contribution in [2.45, 2.75) is 39.5 Å². The molecule has 2 aromatic rings. The summed E-state index contributed by atoms with van der Waals surface area (Å²) in [6, 6.07) is 5.94. The van der Waals surface area contributed by atoms with Crippen LogP contribution in [0, 0.1) is 5.41 Å². The molecule has 0 radical (unpaired) electrons. The fraction of sp³-hybridized carbons (Fsp3) is 0.556. The van der Waals surface area contributed by atoms with Crippen molar-refractivity contribution >= 4 is 63.1 Å². The number of carbonyl (C=O) groups is 1. The van der Waals surface area contributed by atoms with Gasteiger partial charge in [-0.05, 0) is 43.9 Å². The number of nitrogens with one attached hydrogen (secondary N) is 1. The SMILES string of the molecule is CCC(CC)(CN)C(=O)Nc1ccc2nc(N3CCCC3)sc2c1.Cl.Cl.